The average molecular weight is 470 g/mol. The number of amides is 3. The van der Waals surface area contributed by atoms with E-state index in [9.17, 15) is 18.8 Å². The first kappa shape index (κ1) is 21.5. The number of halogens is 3. The molecule has 0 saturated carbocycles. The molecule has 9 heteroatoms. The van der Waals surface area contributed by atoms with Gasteiger partial charge in [0.1, 0.15) is 16.5 Å². The summed E-state index contributed by atoms with van der Waals surface area (Å²) in [5.74, 6) is -2.41. The smallest absolute Gasteiger partial charge is 0.283 e. The molecule has 3 amide bonds. The second-order valence-electron chi connectivity index (χ2n) is 6.72. The predicted octanol–water partition coefficient (Wildman–Crippen LogP) is 5.17. The van der Waals surface area contributed by atoms with Gasteiger partial charge in [0, 0.05) is 11.3 Å². The maximum atomic E-state index is 13.7. The maximum absolute atomic E-state index is 13.7. The van der Waals surface area contributed by atoms with Crippen LogP contribution in [0.5, 0.6) is 0 Å². The van der Waals surface area contributed by atoms with Gasteiger partial charge < -0.3 is 10.6 Å². The molecule has 160 valence electrons. The topological polar surface area (TPSA) is 78.5 Å². The zero-order valence-corrected chi connectivity index (χ0v) is 17.7. The maximum Gasteiger partial charge on any atom is 0.283 e. The fraction of sp³-hybridized carbons (Fsp3) is 0. The van der Waals surface area contributed by atoms with E-state index in [0.717, 1.165) is 4.90 Å². The van der Waals surface area contributed by atoms with Gasteiger partial charge in [-0.15, -0.1) is 0 Å². The number of hydrogen-bond acceptors (Lipinski definition) is 4. The number of nitrogens with zero attached hydrogens (tertiary/aromatic N) is 1. The lowest BCUT2D eigenvalue weighted by Gasteiger charge is -2.16. The number of benzene rings is 3. The normalized spacial score (nSPS) is 13.5. The van der Waals surface area contributed by atoms with Crippen LogP contribution >= 0.6 is 23.2 Å². The van der Waals surface area contributed by atoms with Crippen molar-refractivity contribution >= 4 is 58.0 Å². The Bertz CT molecular complexity index is 1280. The molecule has 0 atom stereocenters. The Kier molecular flexibility index (Phi) is 5.94. The Balaban J connectivity index is 1.50. The summed E-state index contributed by atoms with van der Waals surface area (Å²) in [5.41, 5.74) is 0.860. The lowest BCUT2D eigenvalue weighted by atomic mass is 10.2. The van der Waals surface area contributed by atoms with Crippen molar-refractivity contribution in [3.8, 4) is 0 Å². The number of nitrogens with one attached hydrogen (secondary N) is 2. The van der Waals surface area contributed by atoms with Gasteiger partial charge in [-0.25, -0.2) is 9.29 Å². The summed E-state index contributed by atoms with van der Waals surface area (Å²) in [7, 11) is 0. The average Bonchev–Trinajstić information content (AvgIpc) is 2.99. The van der Waals surface area contributed by atoms with E-state index >= 15 is 0 Å². The molecule has 0 aliphatic carbocycles. The molecule has 4 rings (SSSR count). The fourth-order valence-electron chi connectivity index (χ4n) is 3.07. The van der Waals surface area contributed by atoms with Crippen LogP contribution in [-0.4, -0.2) is 17.7 Å². The molecule has 3 aromatic carbocycles. The number of carbonyl (C=O) groups is 3. The number of carbonyl (C=O) groups excluding carboxylic acids is 3. The molecule has 1 aliphatic rings. The number of imide groups is 1. The van der Waals surface area contributed by atoms with Crippen LogP contribution in [0.25, 0.3) is 0 Å². The summed E-state index contributed by atoms with van der Waals surface area (Å²) in [6, 6.07) is 18.3. The molecule has 0 spiro atoms. The molecule has 0 radical (unpaired) electrons. The second-order valence-corrected chi connectivity index (χ2v) is 7.51. The minimum Gasteiger partial charge on any atom is -0.350 e. The molecule has 1 heterocycles. The van der Waals surface area contributed by atoms with Crippen molar-refractivity contribution in [1.82, 2.24) is 0 Å². The van der Waals surface area contributed by atoms with Crippen molar-refractivity contribution in [2.75, 3.05) is 15.5 Å². The van der Waals surface area contributed by atoms with Gasteiger partial charge in [0.15, 0.2) is 0 Å². The van der Waals surface area contributed by atoms with Crippen LogP contribution < -0.4 is 15.5 Å². The highest BCUT2D eigenvalue weighted by molar-refractivity contribution is 6.53. The standard InChI is InChI=1S/C23H14Cl2FN3O3/c24-15-5-1-4-8-18(15)29-22(31)19(25)20(23(29)32)27-14-11-9-13(10-12-14)21(30)28-17-7-3-2-6-16(17)26/h1-12,27H,(H,28,30). The summed E-state index contributed by atoms with van der Waals surface area (Å²) in [6.45, 7) is 0. The number of rotatable bonds is 5. The van der Waals surface area contributed by atoms with E-state index in [0.29, 0.717) is 5.69 Å². The van der Waals surface area contributed by atoms with Crippen molar-refractivity contribution < 1.29 is 18.8 Å². The van der Waals surface area contributed by atoms with Crippen molar-refractivity contribution in [3.63, 3.8) is 0 Å². The number of hydrogen-bond donors (Lipinski definition) is 2. The molecule has 0 aromatic heterocycles. The third kappa shape index (κ3) is 4.08. The van der Waals surface area contributed by atoms with Gasteiger partial charge in [0.25, 0.3) is 17.7 Å². The Morgan fingerprint density at radius 1 is 0.844 bits per heavy atom. The third-order valence-corrected chi connectivity index (χ3v) is 5.33. The molecular weight excluding hydrogens is 456 g/mol. The van der Waals surface area contributed by atoms with Crippen LogP contribution in [0, 0.1) is 5.82 Å². The van der Waals surface area contributed by atoms with Crippen LogP contribution in [-0.2, 0) is 9.59 Å². The Labute approximate surface area is 192 Å². The summed E-state index contributed by atoms with van der Waals surface area (Å²) >= 11 is 12.2. The highest BCUT2D eigenvalue weighted by atomic mass is 35.5. The number of para-hydroxylation sites is 2. The van der Waals surface area contributed by atoms with Gasteiger partial charge in [-0.3, -0.25) is 14.4 Å². The first-order chi connectivity index (χ1) is 15.4. The highest BCUT2D eigenvalue weighted by Crippen LogP contribution is 2.34. The van der Waals surface area contributed by atoms with E-state index in [1.165, 1.54) is 48.5 Å². The highest BCUT2D eigenvalue weighted by Gasteiger charge is 2.39. The van der Waals surface area contributed by atoms with E-state index in [4.69, 9.17) is 23.2 Å². The Hall–Kier alpha value is -3.68. The van der Waals surface area contributed by atoms with E-state index in [1.54, 1.807) is 24.3 Å². The third-order valence-electron chi connectivity index (χ3n) is 4.66. The predicted molar refractivity (Wildman–Crippen MR) is 121 cm³/mol. The first-order valence-electron chi connectivity index (χ1n) is 9.33. The minimum atomic E-state index is -0.701. The molecule has 0 unspecified atom stereocenters. The van der Waals surface area contributed by atoms with E-state index in [2.05, 4.69) is 10.6 Å². The van der Waals surface area contributed by atoms with Gasteiger partial charge in [0.05, 0.1) is 16.4 Å². The van der Waals surface area contributed by atoms with E-state index < -0.39 is 23.5 Å². The van der Waals surface area contributed by atoms with Crippen LogP contribution in [0.4, 0.5) is 21.5 Å². The van der Waals surface area contributed by atoms with E-state index in [-0.39, 0.29) is 32.7 Å². The lowest BCUT2D eigenvalue weighted by Crippen LogP contribution is -2.32. The molecule has 0 fully saturated rings. The van der Waals surface area contributed by atoms with Crippen LogP contribution in [0.15, 0.2) is 83.5 Å². The first-order valence-corrected chi connectivity index (χ1v) is 10.1. The summed E-state index contributed by atoms with van der Waals surface area (Å²) in [6.07, 6.45) is 0. The van der Waals surface area contributed by atoms with Gasteiger partial charge in [-0.2, -0.15) is 0 Å². The SMILES string of the molecule is O=C(Nc1ccccc1F)c1ccc(NC2=C(Cl)C(=O)N(c3ccccc3Cl)C2=O)cc1. The Morgan fingerprint density at radius 2 is 1.50 bits per heavy atom. The quantitative estimate of drug-likeness (QED) is 0.505. The van der Waals surface area contributed by atoms with Gasteiger partial charge in [0.2, 0.25) is 0 Å². The fourth-order valence-corrected chi connectivity index (χ4v) is 3.50. The zero-order valence-electron chi connectivity index (χ0n) is 16.2. The summed E-state index contributed by atoms with van der Waals surface area (Å²) in [5, 5.41) is 5.25. The van der Waals surface area contributed by atoms with Gasteiger partial charge >= 0.3 is 0 Å². The molecular formula is C23H14Cl2FN3O3. The van der Waals surface area contributed by atoms with E-state index in [1.807, 2.05) is 0 Å². The molecule has 0 saturated heterocycles. The largest absolute Gasteiger partial charge is 0.350 e. The molecule has 32 heavy (non-hydrogen) atoms. The second kappa shape index (κ2) is 8.82. The molecule has 3 aromatic rings. The Morgan fingerprint density at radius 3 is 2.19 bits per heavy atom. The van der Waals surface area contributed by atoms with Crippen LogP contribution in [0.2, 0.25) is 5.02 Å². The lowest BCUT2D eigenvalue weighted by molar-refractivity contribution is -0.120. The monoisotopic (exact) mass is 469 g/mol. The van der Waals surface area contributed by atoms with Crippen molar-refractivity contribution in [2.45, 2.75) is 0 Å². The van der Waals surface area contributed by atoms with Crippen molar-refractivity contribution in [2.24, 2.45) is 0 Å². The van der Waals surface area contributed by atoms with Crippen molar-refractivity contribution in [1.29, 1.82) is 0 Å². The zero-order chi connectivity index (χ0) is 22.8. The molecule has 2 N–H and O–H groups in total. The van der Waals surface area contributed by atoms with Gasteiger partial charge in [-0.05, 0) is 48.5 Å². The van der Waals surface area contributed by atoms with Crippen LogP contribution in [0.3, 0.4) is 0 Å². The van der Waals surface area contributed by atoms with Crippen LogP contribution in [0.1, 0.15) is 10.4 Å². The molecule has 0 bridgehead atoms. The van der Waals surface area contributed by atoms with Crippen molar-refractivity contribution in [3.05, 3.63) is 99.9 Å². The molecule has 1 aliphatic heterocycles. The van der Waals surface area contributed by atoms with Gasteiger partial charge in [-0.1, -0.05) is 47.5 Å². The minimum absolute atomic E-state index is 0.0615. The summed E-state index contributed by atoms with van der Waals surface area (Å²) in [4.78, 5) is 38.6. The molecule has 6 nitrogen and oxygen atoms in total. The number of anilines is 3. The summed E-state index contributed by atoms with van der Waals surface area (Å²) < 4.78 is 13.7.